The normalized spacial score (nSPS) is 11.8. The lowest BCUT2D eigenvalue weighted by Crippen LogP contribution is -2.06. The molecule has 5 nitrogen and oxygen atoms in total. The van der Waals surface area contributed by atoms with Crippen LogP contribution in [0.4, 0.5) is 0 Å². The first kappa shape index (κ1) is 15.4. The molecule has 0 fully saturated rings. The maximum Gasteiger partial charge on any atom is 0.131 e. The Bertz CT molecular complexity index is 692. The predicted octanol–water partition coefficient (Wildman–Crippen LogP) is 3.47. The number of rotatable bonds is 4. The topological polar surface area (TPSA) is 59.6 Å². The first-order valence-corrected chi connectivity index (χ1v) is 6.92. The van der Waals surface area contributed by atoms with Gasteiger partial charge in [-0.1, -0.05) is 22.8 Å². The van der Waals surface area contributed by atoms with Gasteiger partial charge in [-0.2, -0.15) is 5.10 Å². The Balaban J connectivity index is 2.29. The molecular weight excluding hydrogens is 290 g/mol. The van der Waals surface area contributed by atoms with Crippen molar-refractivity contribution in [1.82, 2.24) is 9.78 Å². The third-order valence-corrected chi connectivity index (χ3v) is 3.79. The number of ether oxygens (including phenoxy) is 1. The minimum atomic E-state index is 0.297. The molecule has 21 heavy (non-hydrogen) atoms. The Morgan fingerprint density at radius 3 is 2.71 bits per heavy atom. The summed E-state index contributed by atoms with van der Waals surface area (Å²) in [5.74, 6) is 0.653. The summed E-state index contributed by atoms with van der Waals surface area (Å²) in [5.41, 5.74) is 3.89. The van der Waals surface area contributed by atoms with E-state index in [2.05, 4.69) is 10.3 Å². The van der Waals surface area contributed by atoms with Gasteiger partial charge in [0.15, 0.2) is 0 Å². The van der Waals surface area contributed by atoms with Crippen LogP contribution in [0, 0.1) is 13.8 Å². The van der Waals surface area contributed by atoms with Crippen molar-refractivity contribution in [2.24, 2.45) is 12.2 Å². The summed E-state index contributed by atoms with van der Waals surface area (Å²) >= 11 is 6.21. The van der Waals surface area contributed by atoms with Gasteiger partial charge in [-0.25, -0.2) is 0 Å². The molecule has 1 aromatic heterocycles. The molecule has 1 aromatic carbocycles. The van der Waals surface area contributed by atoms with E-state index in [0.29, 0.717) is 23.1 Å². The fourth-order valence-corrected chi connectivity index (χ4v) is 2.30. The van der Waals surface area contributed by atoms with Crippen molar-refractivity contribution in [3.63, 3.8) is 0 Å². The van der Waals surface area contributed by atoms with Crippen molar-refractivity contribution in [3.8, 4) is 5.75 Å². The van der Waals surface area contributed by atoms with E-state index in [1.165, 1.54) is 0 Å². The smallest absolute Gasteiger partial charge is 0.131 e. The molecule has 0 saturated heterocycles. The van der Waals surface area contributed by atoms with E-state index in [4.69, 9.17) is 21.5 Å². The molecule has 0 aliphatic heterocycles. The first-order valence-electron chi connectivity index (χ1n) is 6.54. The van der Waals surface area contributed by atoms with Crippen LogP contribution < -0.4 is 4.74 Å². The fraction of sp³-hybridized carbons (Fsp3) is 0.333. The summed E-state index contributed by atoms with van der Waals surface area (Å²) in [7, 11) is 1.83. The summed E-state index contributed by atoms with van der Waals surface area (Å²) in [5, 5.41) is 17.1. The Kier molecular flexibility index (Phi) is 4.53. The molecule has 0 amide bonds. The average molecular weight is 308 g/mol. The monoisotopic (exact) mass is 307 g/mol. The Labute approximate surface area is 128 Å². The molecule has 0 unspecified atom stereocenters. The van der Waals surface area contributed by atoms with E-state index in [1.807, 2.05) is 39.1 Å². The molecule has 112 valence electrons. The van der Waals surface area contributed by atoms with Crippen LogP contribution in [0.15, 0.2) is 23.4 Å². The summed E-state index contributed by atoms with van der Waals surface area (Å²) in [6.45, 7) is 5.85. The highest BCUT2D eigenvalue weighted by molar-refractivity contribution is 6.31. The Morgan fingerprint density at radius 1 is 1.43 bits per heavy atom. The van der Waals surface area contributed by atoms with Crippen LogP contribution in [0.1, 0.15) is 29.4 Å². The SMILES string of the molecule is CC(=NO)c1ccc(C)cc1OCc1c(Cl)c(C)nn1C. The van der Waals surface area contributed by atoms with Crippen molar-refractivity contribution in [2.45, 2.75) is 27.4 Å². The number of oxime groups is 1. The van der Waals surface area contributed by atoms with Crippen LogP contribution in [0.2, 0.25) is 5.02 Å². The van der Waals surface area contributed by atoms with Crippen molar-refractivity contribution in [3.05, 3.63) is 45.7 Å². The molecule has 0 aliphatic rings. The molecule has 0 saturated carbocycles. The van der Waals surface area contributed by atoms with Gasteiger partial charge in [0.05, 0.1) is 22.1 Å². The zero-order valence-corrected chi connectivity index (χ0v) is 13.3. The maximum atomic E-state index is 8.96. The van der Waals surface area contributed by atoms with Crippen LogP contribution in [0.25, 0.3) is 0 Å². The second kappa shape index (κ2) is 6.18. The number of halogens is 1. The van der Waals surface area contributed by atoms with Gasteiger partial charge in [0.25, 0.3) is 0 Å². The van der Waals surface area contributed by atoms with Gasteiger partial charge in [-0.3, -0.25) is 4.68 Å². The number of aromatic nitrogens is 2. The minimum absolute atomic E-state index is 0.297. The van der Waals surface area contributed by atoms with Crippen LogP contribution in [-0.4, -0.2) is 20.7 Å². The lowest BCUT2D eigenvalue weighted by atomic mass is 10.1. The molecule has 1 heterocycles. The minimum Gasteiger partial charge on any atom is -0.487 e. The lowest BCUT2D eigenvalue weighted by molar-refractivity contribution is 0.293. The second-order valence-electron chi connectivity index (χ2n) is 4.94. The summed E-state index contributed by atoms with van der Waals surface area (Å²) < 4.78 is 7.57. The first-order chi connectivity index (χ1) is 9.93. The standard InChI is InChI=1S/C15H18ClN3O2/c1-9-5-6-12(10(2)18-20)14(7-9)21-8-13-15(16)11(3)17-19(13)4/h5-7,20H,8H2,1-4H3. The summed E-state index contributed by atoms with van der Waals surface area (Å²) in [6, 6.07) is 5.72. The summed E-state index contributed by atoms with van der Waals surface area (Å²) in [4.78, 5) is 0. The molecule has 0 aliphatic carbocycles. The number of hydrogen-bond acceptors (Lipinski definition) is 4. The third kappa shape index (κ3) is 3.19. The zero-order valence-electron chi connectivity index (χ0n) is 12.5. The number of hydrogen-bond donors (Lipinski definition) is 1. The highest BCUT2D eigenvalue weighted by Gasteiger charge is 2.14. The van der Waals surface area contributed by atoms with Gasteiger partial charge in [-0.05, 0) is 38.5 Å². The van der Waals surface area contributed by atoms with Gasteiger partial charge in [0.1, 0.15) is 12.4 Å². The third-order valence-electron chi connectivity index (χ3n) is 3.30. The van der Waals surface area contributed by atoms with Gasteiger partial charge >= 0.3 is 0 Å². The highest BCUT2D eigenvalue weighted by atomic mass is 35.5. The number of nitrogens with zero attached hydrogens (tertiary/aromatic N) is 3. The molecule has 0 radical (unpaired) electrons. The Morgan fingerprint density at radius 2 is 2.14 bits per heavy atom. The van der Waals surface area contributed by atoms with E-state index in [0.717, 1.165) is 22.5 Å². The van der Waals surface area contributed by atoms with Gasteiger partial charge < -0.3 is 9.94 Å². The van der Waals surface area contributed by atoms with Crippen LogP contribution in [0.5, 0.6) is 5.75 Å². The summed E-state index contributed by atoms with van der Waals surface area (Å²) in [6.07, 6.45) is 0. The quantitative estimate of drug-likeness (QED) is 0.534. The van der Waals surface area contributed by atoms with E-state index in [-0.39, 0.29) is 0 Å². The molecule has 0 bridgehead atoms. The molecule has 0 spiro atoms. The zero-order chi connectivity index (χ0) is 15.6. The maximum absolute atomic E-state index is 8.96. The fourth-order valence-electron chi connectivity index (χ4n) is 2.08. The van der Waals surface area contributed by atoms with E-state index in [9.17, 15) is 0 Å². The van der Waals surface area contributed by atoms with Crippen molar-refractivity contribution in [1.29, 1.82) is 0 Å². The van der Waals surface area contributed by atoms with Gasteiger partial charge in [0.2, 0.25) is 0 Å². The average Bonchev–Trinajstić information content (AvgIpc) is 2.69. The number of benzene rings is 1. The van der Waals surface area contributed by atoms with Gasteiger partial charge in [0, 0.05) is 12.6 Å². The van der Waals surface area contributed by atoms with E-state index < -0.39 is 0 Å². The molecule has 2 rings (SSSR count). The van der Waals surface area contributed by atoms with Crippen molar-refractivity contribution < 1.29 is 9.94 Å². The van der Waals surface area contributed by atoms with Crippen molar-refractivity contribution >= 4 is 17.3 Å². The highest BCUT2D eigenvalue weighted by Crippen LogP contribution is 2.25. The van der Waals surface area contributed by atoms with E-state index in [1.54, 1.807) is 11.6 Å². The van der Waals surface area contributed by atoms with E-state index >= 15 is 0 Å². The van der Waals surface area contributed by atoms with Gasteiger partial charge in [-0.15, -0.1) is 0 Å². The predicted molar refractivity (Wildman–Crippen MR) is 82.5 cm³/mol. The molecule has 2 aromatic rings. The molecule has 0 atom stereocenters. The number of aryl methyl sites for hydroxylation is 3. The van der Waals surface area contributed by atoms with Crippen molar-refractivity contribution in [2.75, 3.05) is 0 Å². The second-order valence-corrected chi connectivity index (χ2v) is 5.32. The van der Waals surface area contributed by atoms with Crippen LogP contribution in [-0.2, 0) is 13.7 Å². The Hall–Kier alpha value is -2.01. The van der Waals surface area contributed by atoms with Crippen LogP contribution in [0.3, 0.4) is 0 Å². The molecular formula is C15H18ClN3O2. The van der Waals surface area contributed by atoms with Crippen LogP contribution >= 0.6 is 11.6 Å². The molecule has 1 N–H and O–H groups in total. The lowest BCUT2D eigenvalue weighted by Gasteiger charge is -2.12. The molecule has 6 heteroatoms. The largest absolute Gasteiger partial charge is 0.487 e.